The second kappa shape index (κ2) is 8.08. The zero-order valence-corrected chi connectivity index (χ0v) is 17.3. The van der Waals surface area contributed by atoms with Crippen LogP contribution in [-0.2, 0) is 6.42 Å². The van der Waals surface area contributed by atoms with E-state index in [-0.39, 0.29) is 5.54 Å². The molecule has 0 radical (unpaired) electrons. The van der Waals surface area contributed by atoms with Crippen molar-refractivity contribution in [1.82, 2.24) is 5.43 Å². The molecule has 4 rings (SSSR count). The van der Waals surface area contributed by atoms with Gasteiger partial charge in [-0.15, -0.1) is 0 Å². The largest absolute Gasteiger partial charge is 0.673 e. The molecule has 0 spiro atoms. The molecule has 0 saturated carbocycles. The maximum Gasteiger partial charge on any atom is 0.673 e. The van der Waals surface area contributed by atoms with Crippen molar-refractivity contribution >= 4 is 18.8 Å². The van der Waals surface area contributed by atoms with E-state index in [0.717, 1.165) is 36.1 Å². The van der Waals surface area contributed by atoms with Gasteiger partial charge in [0.15, 0.2) is 18.2 Å². The van der Waals surface area contributed by atoms with E-state index in [0.29, 0.717) is 0 Å². The molecular formula is C20H24BF4N3O2. The minimum Gasteiger partial charge on any atom is -0.493 e. The Labute approximate surface area is 173 Å². The summed E-state index contributed by atoms with van der Waals surface area (Å²) >= 11 is 0. The number of rotatable bonds is 3. The Morgan fingerprint density at radius 2 is 1.57 bits per heavy atom. The lowest BCUT2D eigenvalue weighted by molar-refractivity contribution is -0.595. The number of para-hydroxylation sites is 1. The monoisotopic (exact) mass is 425 g/mol. The molecule has 1 N–H and O–H groups in total. The summed E-state index contributed by atoms with van der Waals surface area (Å²) in [6.45, 7) is 5.37. The summed E-state index contributed by atoms with van der Waals surface area (Å²) in [6, 6.07) is 14.6. The molecular weight excluding hydrogens is 401 g/mol. The van der Waals surface area contributed by atoms with Crippen LogP contribution in [0.3, 0.4) is 0 Å². The molecule has 2 aliphatic heterocycles. The van der Waals surface area contributed by atoms with Gasteiger partial charge in [-0.3, -0.25) is 0 Å². The van der Waals surface area contributed by atoms with Crippen molar-refractivity contribution in [1.29, 1.82) is 0 Å². The Balaban J connectivity index is 0.000000461. The molecule has 2 aliphatic rings. The highest BCUT2D eigenvalue weighted by molar-refractivity contribution is 6.50. The number of amidine groups is 1. The van der Waals surface area contributed by atoms with Gasteiger partial charge in [-0.2, -0.15) is 10.4 Å². The van der Waals surface area contributed by atoms with Gasteiger partial charge >= 0.3 is 13.1 Å². The van der Waals surface area contributed by atoms with Crippen molar-refractivity contribution in [3.05, 3.63) is 53.6 Å². The van der Waals surface area contributed by atoms with Crippen LogP contribution in [0.2, 0.25) is 0 Å². The van der Waals surface area contributed by atoms with Crippen LogP contribution in [0.1, 0.15) is 25.0 Å². The third-order valence-corrected chi connectivity index (χ3v) is 5.08. The van der Waals surface area contributed by atoms with Crippen LogP contribution in [0.15, 0.2) is 42.5 Å². The van der Waals surface area contributed by atoms with Crippen LogP contribution in [-0.4, -0.2) is 44.1 Å². The lowest BCUT2D eigenvalue weighted by Crippen LogP contribution is -2.45. The third kappa shape index (κ3) is 4.63. The molecule has 0 fully saturated rings. The van der Waals surface area contributed by atoms with Crippen molar-refractivity contribution in [2.75, 3.05) is 25.9 Å². The molecule has 162 valence electrons. The number of anilines is 1. The van der Waals surface area contributed by atoms with Crippen LogP contribution in [0.25, 0.3) is 0 Å². The molecule has 0 amide bonds. The first kappa shape index (κ1) is 21.8. The molecule has 30 heavy (non-hydrogen) atoms. The SMILES string of the molecule is COc1cc2c(cc1OC)C1=[N+](CN(c3ccccc3)N1)C(C)(C)C2.F[B-](F)(F)F. The van der Waals surface area contributed by atoms with Gasteiger partial charge < -0.3 is 26.7 Å². The second-order valence-electron chi connectivity index (χ2n) is 7.64. The van der Waals surface area contributed by atoms with Gasteiger partial charge in [0.05, 0.1) is 25.5 Å². The predicted octanol–water partition coefficient (Wildman–Crippen LogP) is 4.08. The molecule has 2 aromatic carbocycles. The number of hydrazine groups is 1. The number of nitrogens with zero attached hydrogens (tertiary/aromatic N) is 2. The maximum absolute atomic E-state index is 9.75. The number of fused-ring (bicyclic) bond motifs is 2. The van der Waals surface area contributed by atoms with Gasteiger partial charge in [-0.1, -0.05) is 18.2 Å². The molecule has 0 saturated heterocycles. The summed E-state index contributed by atoms with van der Waals surface area (Å²) in [6.07, 6.45) is 0.955. The van der Waals surface area contributed by atoms with E-state index < -0.39 is 7.25 Å². The van der Waals surface area contributed by atoms with Gasteiger partial charge in [0.25, 0.3) is 0 Å². The summed E-state index contributed by atoms with van der Waals surface area (Å²) in [5.41, 5.74) is 7.21. The number of hydrogen-bond acceptors (Lipinski definition) is 4. The molecule has 10 heteroatoms. The molecule has 2 heterocycles. The standard InChI is InChI=1S/C20H23N3O2.BF4/c1-20(2)12-14-10-17(24-3)18(25-4)11-16(14)19-21-23(13-22(19)20)15-8-6-5-7-9-15;2-1(3,4)5/h5-11H,12-13H2,1-4H3;/q;-1/p+1. The van der Waals surface area contributed by atoms with Crippen LogP contribution in [0, 0.1) is 0 Å². The number of nitrogens with one attached hydrogen (secondary N) is 1. The van der Waals surface area contributed by atoms with E-state index in [2.05, 4.69) is 65.3 Å². The summed E-state index contributed by atoms with van der Waals surface area (Å²) in [4.78, 5) is 0. The fourth-order valence-corrected chi connectivity index (χ4v) is 3.74. The molecule has 2 aromatic rings. The Morgan fingerprint density at radius 1 is 1.00 bits per heavy atom. The second-order valence-corrected chi connectivity index (χ2v) is 7.64. The predicted molar refractivity (Wildman–Crippen MR) is 109 cm³/mol. The number of halogens is 4. The number of ether oxygens (including phenoxy) is 2. The Kier molecular flexibility index (Phi) is 5.87. The van der Waals surface area contributed by atoms with Crippen molar-refractivity contribution in [2.45, 2.75) is 25.8 Å². The van der Waals surface area contributed by atoms with E-state index in [4.69, 9.17) is 9.47 Å². The van der Waals surface area contributed by atoms with Gasteiger partial charge in [0.1, 0.15) is 5.54 Å². The van der Waals surface area contributed by atoms with E-state index in [1.54, 1.807) is 14.2 Å². The van der Waals surface area contributed by atoms with Crippen molar-refractivity contribution < 1.29 is 31.3 Å². The van der Waals surface area contributed by atoms with Crippen LogP contribution in [0.4, 0.5) is 23.0 Å². The highest BCUT2D eigenvalue weighted by Crippen LogP contribution is 2.36. The summed E-state index contributed by atoms with van der Waals surface area (Å²) in [7, 11) is -2.64. The number of methoxy groups -OCH3 is 2. The fourth-order valence-electron chi connectivity index (χ4n) is 3.74. The zero-order valence-electron chi connectivity index (χ0n) is 17.3. The average Bonchev–Trinajstić information content (AvgIpc) is 3.13. The molecule has 0 aromatic heterocycles. The number of benzene rings is 2. The first-order chi connectivity index (χ1) is 14.0. The lowest BCUT2D eigenvalue weighted by Gasteiger charge is -2.30. The van der Waals surface area contributed by atoms with Gasteiger partial charge in [0.2, 0.25) is 0 Å². The quantitative estimate of drug-likeness (QED) is 0.457. The minimum atomic E-state index is -6.00. The van der Waals surface area contributed by atoms with E-state index in [1.807, 2.05) is 6.07 Å². The van der Waals surface area contributed by atoms with Crippen molar-refractivity contribution in [2.24, 2.45) is 0 Å². The van der Waals surface area contributed by atoms with Crippen molar-refractivity contribution in [3.8, 4) is 11.5 Å². The van der Waals surface area contributed by atoms with E-state index >= 15 is 0 Å². The summed E-state index contributed by atoms with van der Waals surface area (Å²) in [5, 5.41) is 2.18. The smallest absolute Gasteiger partial charge is 0.493 e. The average molecular weight is 425 g/mol. The van der Waals surface area contributed by atoms with Gasteiger partial charge in [-0.25, -0.2) is 4.58 Å². The zero-order chi connectivity index (χ0) is 22.1. The molecule has 0 aliphatic carbocycles. The Bertz CT molecular complexity index is 943. The van der Waals surface area contributed by atoms with Crippen LogP contribution in [0.5, 0.6) is 11.5 Å². The maximum atomic E-state index is 9.75. The summed E-state index contributed by atoms with van der Waals surface area (Å²) < 4.78 is 52.4. The molecule has 0 unspecified atom stereocenters. The molecule has 0 atom stereocenters. The van der Waals surface area contributed by atoms with E-state index in [1.165, 1.54) is 11.1 Å². The molecule has 5 nitrogen and oxygen atoms in total. The van der Waals surface area contributed by atoms with Gasteiger partial charge in [-0.05, 0) is 43.7 Å². The lowest BCUT2D eigenvalue weighted by atomic mass is 9.87. The Morgan fingerprint density at radius 3 is 2.13 bits per heavy atom. The Hall–Kier alpha value is -2.91. The molecule has 0 bridgehead atoms. The fraction of sp³-hybridized carbons (Fsp3) is 0.350. The highest BCUT2D eigenvalue weighted by Gasteiger charge is 2.44. The van der Waals surface area contributed by atoms with Crippen LogP contribution < -0.4 is 19.9 Å². The summed E-state index contributed by atoms with van der Waals surface area (Å²) in [5.74, 6) is 2.66. The van der Waals surface area contributed by atoms with E-state index in [9.17, 15) is 17.3 Å². The first-order valence-electron chi connectivity index (χ1n) is 9.40. The topological polar surface area (TPSA) is 36.7 Å². The normalized spacial score (nSPS) is 16.7. The minimum absolute atomic E-state index is 0.0124. The van der Waals surface area contributed by atoms with Gasteiger partial charge in [0, 0.05) is 6.42 Å². The number of hydrogen-bond donors (Lipinski definition) is 1. The van der Waals surface area contributed by atoms with Crippen molar-refractivity contribution in [3.63, 3.8) is 0 Å². The third-order valence-electron chi connectivity index (χ3n) is 5.08. The first-order valence-corrected chi connectivity index (χ1v) is 9.40. The highest BCUT2D eigenvalue weighted by atomic mass is 19.5. The van der Waals surface area contributed by atoms with Crippen LogP contribution >= 0.6 is 0 Å².